The van der Waals surface area contributed by atoms with E-state index >= 15 is 0 Å². The lowest BCUT2D eigenvalue weighted by Gasteiger charge is -2.31. The Balaban J connectivity index is 5.41. The van der Waals surface area contributed by atoms with Crippen LogP contribution in [0.1, 0.15) is 67.2 Å². The van der Waals surface area contributed by atoms with Crippen LogP contribution in [0.25, 0.3) is 20.9 Å². The Morgan fingerprint density at radius 2 is 0.762 bits per heavy atom. The van der Waals surface area contributed by atoms with E-state index in [2.05, 4.69) is 29.9 Å². The minimum absolute atomic E-state index is 0.470. The highest BCUT2D eigenvalue weighted by Crippen LogP contribution is 2.20. The SMILES string of the molecule is CCO[Si](CCCN(CCCN=[N+]=[N-])CCN(CCCN=[N+]=[N-])CCC[Si](OCC)(OCC)OCC)(OCC)OCC. The van der Waals surface area contributed by atoms with Crippen molar-refractivity contribution in [2.75, 3.05) is 92.0 Å². The van der Waals surface area contributed by atoms with Gasteiger partial charge in [-0.1, -0.05) is 10.2 Å². The topological polar surface area (TPSA) is 159 Å². The van der Waals surface area contributed by atoms with E-state index in [9.17, 15) is 0 Å². The molecule has 14 nitrogen and oxygen atoms in total. The van der Waals surface area contributed by atoms with Gasteiger partial charge in [-0.3, -0.25) is 0 Å². The molecule has 246 valence electrons. The Hall–Kier alpha value is -1.27. The summed E-state index contributed by atoms with van der Waals surface area (Å²) in [5.74, 6) is 0. The third-order valence-electron chi connectivity index (χ3n) is 6.42. The third-order valence-corrected chi connectivity index (χ3v) is 12.7. The summed E-state index contributed by atoms with van der Waals surface area (Å²) in [6, 6.07) is 1.51. The predicted molar refractivity (Wildman–Crippen MR) is 170 cm³/mol. The Bertz CT molecular complexity index is 654. The average molecular weight is 635 g/mol. The molecule has 0 aliphatic heterocycles. The highest BCUT2D eigenvalue weighted by molar-refractivity contribution is 6.61. The Labute approximate surface area is 256 Å². The van der Waals surface area contributed by atoms with Gasteiger partial charge in [0.25, 0.3) is 0 Å². The standard InChI is InChI=1S/C26H58N8O6Si2/c1-7-35-41(36-8-2,37-9-3)25-15-21-33(19-13-17-29-31-27)23-24-34(20-14-18-30-32-28)22-16-26-42(38-10-4,39-11-5)40-12-6/h7-26H2,1-6H3. The summed E-state index contributed by atoms with van der Waals surface area (Å²) in [4.78, 5) is 10.6. The Morgan fingerprint density at radius 3 is 1.02 bits per heavy atom. The molecule has 0 heterocycles. The lowest BCUT2D eigenvalue weighted by molar-refractivity contribution is 0.0683. The second-order valence-electron chi connectivity index (χ2n) is 9.47. The highest BCUT2D eigenvalue weighted by Gasteiger charge is 2.40. The fourth-order valence-corrected chi connectivity index (χ4v) is 10.0. The van der Waals surface area contributed by atoms with Crippen molar-refractivity contribution >= 4 is 17.6 Å². The highest BCUT2D eigenvalue weighted by atomic mass is 28.4. The van der Waals surface area contributed by atoms with Gasteiger partial charge in [-0.2, -0.15) is 0 Å². The zero-order chi connectivity index (χ0) is 31.4. The van der Waals surface area contributed by atoms with Gasteiger partial charge >= 0.3 is 17.6 Å². The van der Waals surface area contributed by atoms with Crippen LogP contribution >= 0.6 is 0 Å². The normalized spacial score (nSPS) is 12.1. The summed E-state index contributed by atoms with van der Waals surface area (Å²) < 4.78 is 36.3. The van der Waals surface area contributed by atoms with Crippen molar-refractivity contribution in [3.63, 3.8) is 0 Å². The van der Waals surface area contributed by atoms with Crippen LogP contribution in [0.4, 0.5) is 0 Å². The molecule has 0 fully saturated rings. The summed E-state index contributed by atoms with van der Waals surface area (Å²) in [5.41, 5.74) is 17.4. The van der Waals surface area contributed by atoms with Gasteiger partial charge in [-0.15, -0.1) is 0 Å². The minimum atomic E-state index is -2.71. The summed E-state index contributed by atoms with van der Waals surface area (Å²) in [6.07, 6.45) is 3.35. The van der Waals surface area contributed by atoms with Crippen molar-refractivity contribution < 1.29 is 26.6 Å². The van der Waals surface area contributed by atoms with Crippen LogP contribution in [0.15, 0.2) is 10.2 Å². The fourth-order valence-electron chi connectivity index (χ4n) is 4.81. The third kappa shape index (κ3) is 19.1. The smallest absolute Gasteiger partial charge is 0.374 e. The first kappa shape index (κ1) is 40.7. The monoisotopic (exact) mass is 634 g/mol. The van der Waals surface area contributed by atoms with Crippen LogP contribution < -0.4 is 0 Å². The van der Waals surface area contributed by atoms with Gasteiger partial charge in [0, 0.05) is 87.7 Å². The van der Waals surface area contributed by atoms with E-state index in [1.54, 1.807) is 0 Å². The quantitative estimate of drug-likeness (QED) is 0.0301. The van der Waals surface area contributed by atoms with Crippen molar-refractivity contribution in [2.24, 2.45) is 10.2 Å². The molecule has 0 unspecified atom stereocenters. The number of azide groups is 2. The van der Waals surface area contributed by atoms with Gasteiger partial charge in [0.1, 0.15) is 0 Å². The van der Waals surface area contributed by atoms with Crippen LogP contribution in [0, 0.1) is 0 Å². The Kier molecular flexibility index (Phi) is 26.5. The average Bonchev–Trinajstić information content (AvgIpc) is 2.96. The van der Waals surface area contributed by atoms with Crippen LogP contribution in [0.5, 0.6) is 0 Å². The molecule has 0 bridgehead atoms. The maximum absolute atomic E-state index is 8.70. The van der Waals surface area contributed by atoms with Crippen molar-refractivity contribution in [3.05, 3.63) is 20.9 Å². The van der Waals surface area contributed by atoms with Crippen LogP contribution in [-0.2, 0) is 26.6 Å². The van der Waals surface area contributed by atoms with Gasteiger partial charge in [0.05, 0.1) is 0 Å². The van der Waals surface area contributed by atoms with Crippen LogP contribution in [0.3, 0.4) is 0 Å². The molecule has 0 aromatic rings. The molecular formula is C26H58N8O6Si2. The second kappa shape index (κ2) is 27.3. The predicted octanol–water partition coefficient (Wildman–Crippen LogP) is 5.87. The molecule has 0 aliphatic carbocycles. The summed E-state index contributed by atoms with van der Waals surface area (Å²) in [7, 11) is -5.42. The Morgan fingerprint density at radius 1 is 0.476 bits per heavy atom. The van der Waals surface area contributed by atoms with Crippen LogP contribution in [0.2, 0.25) is 12.1 Å². The molecule has 0 N–H and O–H groups in total. The zero-order valence-corrected chi connectivity index (χ0v) is 29.2. The van der Waals surface area contributed by atoms with E-state index in [0.29, 0.717) is 52.7 Å². The first-order chi connectivity index (χ1) is 20.4. The largest absolute Gasteiger partial charge is 0.500 e. The van der Waals surface area contributed by atoms with Crippen LogP contribution in [-0.4, -0.2) is 119 Å². The molecular weight excluding hydrogens is 577 g/mol. The molecule has 0 aromatic heterocycles. The number of nitrogens with zero attached hydrogens (tertiary/aromatic N) is 8. The van der Waals surface area contributed by atoms with Gasteiger partial charge in [0.15, 0.2) is 0 Å². The van der Waals surface area contributed by atoms with E-state index in [0.717, 1.165) is 77.0 Å². The molecule has 0 saturated carbocycles. The maximum Gasteiger partial charge on any atom is 0.500 e. The maximum atomic E-state index is 8.70. The van der Waals surface area contributed by atoms with Crippen molar-refractivity contribution in [1.29, 1.82) is 0 Å². The van der Waals surface area contributed by atoms with Crippen molar-refractivity contribution in [2.45, 2.75) is 79.3 Å². The molecule has 0 saturated heterocycles. The molecule has 0 amide bonds. The van der Waals surface area contributed by atoms with Crippen molar-refractivity contribution in [3.8, 4) is 0 Å². The molecule has 16 heteroatoms. The van der Waals surface area contributed by atoms with Crippen molar-refractivity contribution in [1.82, 2.24) is 9.80 Å². The van der Waals surface area contributed by atoms with Gasteiger partial charge in [0.2, 0.25) is 0 Å². The molecule has 0 aliphatic rings. The first-order valence-corrected chi connectivity index (χ1v) is 19.6. The molecule has 0 spiro atoms. The van der Waals surface area contributed by atoms with E-state index in [1.165, 1.54) is 0 Å². The van der Waals surface area contributed by atoms with E-state index in [-0.39, 0.29) is 0 Å². The molecule has 42 heavy (non-hydrogen) atoms. The lowest BCUT2D eigenvalue weighted by Crippen LogP contribution is -2.47. The second-order valence-corrected chi connectivity index (χ2v) is 14.9. The lowest BCUT2D eigenvalue weighted by atomic mass is 10.3. The molecule has 0 radical (unpaired) electrons. The number of hydrogen-bond acceptors (Lipinski definition) is 10. The molecule has 0 atom stereocenters. The summed E-state index contributed by atoms with van der Waals surface area (Å²) in [6.45, 7) is 21.2. The minimum Gasteiger partial charge on any atom is -0.374 e. The number of hydrogen-bond donors (Lipinski definition) is 0. The fraction of sp³-hybridized carbons (Fsp3) is 1.00. The molecule has 0 rings (SSSR count). The molecule has 0 aromatic carbocycles. The van der Waals surface area contributed by atoms with Gasteiger partial charge in [-0.25, -0.2) is 0 Å². The zero-order valence-electron chi connectivity index (χ0n) is 27.2. The van der Waals surface area contributed by atoms with Gasteiger partial charge < -0.3 is 36.4 Å². The summed E-state index contributed by atoms with van der Waals surface area (Å²) in [5, 5.41) is 7.43. The first-order valence-electron chi connectivity index (χ1n) is 15.7. The number of rotatable bonds is 31. The van der Waals surface area contributed by atoms with E-state index in [4.69, 9.17) is 37.6 Å². The summed E-state index contributed by atoms with van der Waals surface area (Å²) >= 11 is 0. The van der Waals surface area contributed by atoms with E-state index in [1.807, 2.05) is 41.5 Å². The van der Waals surface area contributed by atoms with Gasteiger partial charge in [-0.05, 0) is 104 Å². The van der Waals surface area contributed by atoms with E-state index < -0.39 is 17.6 Å².